The normalized spacial score (nSPS) is 30.6. The molecule has 0 spiro atoms. The highest BCUT2D eigenvalue weighted by Crippen LogP contribution is 2.40. The Kier molecular flexibility index (Phi) is 3.44. The third-order valence-electron chi connectivity index (χ3n) is 4.39. The molecule has 3 unspecified atom stereocenters. The van der Waals surface area contributed by atoms with E-state index in [2.05, 4.69) is 0 Å². The lowest BCUT2D eigenvalue weighted by Gasteiger charge is -2.18. The molecule has 110 valence electrons. The van der Waals surface area contributed by atoms with Crippen LogP contribution in [0.1, 0.15) is 12.8 Å². The second-order valence-electron chi connectivity index (χ2n) is 5.57. The van der Waals surface area contributed by atoms with E-state index < -0.39 is 10.0 Å². The molecule has 1 aromatic rings. The van der Waals surface area contributed by atoms with Gasteiger partial charge >= 0.3 is 0 Å². The molecule has 0 amide bonds. The van der Waals surface area contributed by atoms with Crippen molar-refractivity contribution in [2.45, 2.75) is 23.8 Å². The predicted molar refractivity (Wildman–Crippen MR) is 76.8 cm³/mol. The Morgan fingerprint density at radius 3 is 2.70 bits per heavy atom. The standard InChI is InChI=1S/C13H17ClN2O3S/c14-11-3-2-9(5-12(11)15)20(18,19)16-6-8-1-4-13(17)10(8)7-16/h2-3,5,8,10,13,17H,1,4,6-7,15H2. The van der Waals surface area contributed by atoms with Crippen molar-refractivity contribution in [3.05, 3.63) is 23.2 Å². The molecule has 1 heterocycles. The fraction of sp³-hybridized carbons (Fsp3) is 0.538. The zero-order valence-electron chi connectivity index (χ0n) is 10.9. The minimum atomic E-state index is -3.56. The Morgan fingerprint density at radius 2 is 2.05 bits per heavy atom. The number of nitrogens with zero attached hydrogens (tertiary/aromatic N) is 1. The molecule has 20 heavy (non-hydrogen) atoms. The minimum Gasteiger partial charge on any atom is -0.397 e. The maximum Gasteiger partial charge on any atom is 0.243 e. The second kappa shape index (κ2) is 4.87. The van der Waals surface area contributed by atoms with E-state index in [1.165, 1.54) is 22.5 Å². The molecule has 3 rings (SSSR count). The van der Waals surface area contributed by atoms with Gasteiger partial charge in [0.15, 0.2) is 0 Å². The van der Waals surface area contributed by atoms with Crippen molar-refractivity contribution in [2.24, 2.45) is 11.8 Å². The van der Waals surface area contributed by atoms with E-state index in [0.717, 1.165) is 12.8 Å². The van der Waals surface area contributed by atoms with Gasteiger partial charge in [0, 0.05) is 19.0 Å². The summed E-state index contributed by atoms with van der Waals surface area (Å²) >= 11 is 5.82. The predicted octanol–water partition coefficient (Wildman–Crippen LogP) is 1.31. The quantitative estimate of drug-likeness (QED) is 0.806. The number of nitrogen functional groups attached to an aromatic ring is 1. The summed E-state index contributed by atoms with van der Waals surface area (Å²) in [5, 5.41) is 10.2. The SMILES string of the molecule is Nc1cc(S(=O)(=O)N2CC3CCC(O)C3C2)ccc1Cl. The van der Waals surface area contributed by atoms with Crippen LogP contribution in [0.2, 0.25) is 5.02 Å². The summed E-state index contributed by atoms with van der Waals surface area (Å²) in [5.41, 5.74) is 5.93. The molecule has 1 saturated carbocycles. The first-order valence-electron chi connectivity index (χ1n) is 6.63. The highest BCUT2D eigenvalue weighted by Gasteiger charge is 2.45. The average Bonchev–Trinajstić information content (AvgIpc) is 2.96. The van der Waals surface area contributed by atoms with Crippen molar-refractivity contribution in [3.8, 4) is 0 Å². The van der Waals surface area contributed by atoms with Crippen molar-refractivity contribution in [1.29, 1.82) is 0 Å². The molecule has 7 heteroatoms. The van der Waals surface area contributed by atoms with Gasteiger partial charge in [0.05, 0.1) is 21.7 Å². The number of rotatable bonds is 2. The molecule has 1 aliphatic carbocycles. The summed E-state index contributed by atoms with van der Waals surface area (Å²) in [6.07, 6.45) is 1.29. The molecule has 2 aliphatic rings. The Bertz CT molecular complexity index is 635. The van der Waals surface area contributed by atoms with E-state index in [1.807, 2.05) is 0 Å². The Morgan fingerprint density at radius 1 is 1.30 bits per heavy atom. The number of anilines is 1. The topological polar surface area (TPSA) is 83.6 Å². The molecular weight excluding hydrogens is 300 g/mol. The van der Waals surface area contributed by atoms with Crippen molar-refractivity contribution in [2.75, 3.05) is 18.8 Å². The summed E-state index contributed by atoms with van der Waals surface area (Å²) in [4.78, 5) is 0.161. The monoisotopic (exact) mass is 316 g/mol. The molecule has 1 aromatic carbocycles. The van der Waals surface area contributed by atoms with E-state index in [0.29, 0.717) is 18.1 Å². The van der Waals surface area contributed by atoms with Crippen LogP contribution in [0.5, 0.6) is 0 Å². The van der Waals surface area contributed by atoms with Crippen LogP contribution in [0.25, 0.3) is 0 Å². The summed E-state index contributed by atoms with van der Waals surface area (Å²) < 4.78 is 26.6. The van der Waals surface area contributed by atoms with Gasteiger partial charge in [-0.05, 0) is 37.0 Å². The van der Waals surface area contributed by atoms with E-state index >= 15 is 0 Å². The lowest BCUT2D eigenvalue weighted by atomic mass is 10.00. The fourth-order valence-electron chi connectivity index (χ4n) is 3.22. The lowest BCUT2D eigenvalue weighted by Crippen LogP contribution is -2.31. The van der Waals surface area contributed by atoms with Crippen molar-refractivity contribution in [1.82, 2.24) is 4.31 Å². The number of nitrogens with two attached hydrogens (primary N) is 1. The first-order chi connectivity index (χ1) is 9.39. The van der Waals surface area contributed by atoms with Gasteiger partial charge < -0.3 is 10.8 Å². The number of benzene rings is 1. The van der Waals surface area contributed by atoms with Gasteiger partial charge in [-0.15, -0.1) is 0 Å². The van der Waals surface area contributed by atoms with E-state index in [9.17, 15) is 13.5 Å². The molecule has 0 aromatic heterocycles. The van der Waals surface area contributed by atoms with Gasteiger partial charge in [-0.25, -0.2) is 8.42 Å². The molecular formula is C13H17ClN2O3S. The lowest BCUT2D eigenvalue weighted by molar-refractivity contribution is 0.129. The first kappa shape index (κ1) is 14.1. The number of hydrogen-bond donors (Lipinski definition) is 2. The maximum atomic E-state index is 12.6. The Hall–Kier alpha value is -0.820. The van der Waals surface area contributed by atoms with Crippen molar-refractivity contribution in [3.63, 3.8) is 0 Å². The van der Waals surface area contributed by atoms with Crippen LogP contribution < -0.4 is 5.73 Å². The third kappa shape index (κ3) is 2.20. The average molecular weight is 317 g/mol. The van der Waals surface area contributed by atoms with Gasteiger partial charge in [0.1, 0.15) is 0 Å². The van der Waals surface area contributed by atoms with E-state index in [4.69, 9.17) is 17.3 Å². The molecule has 0 radical (unpaired) electrons. The van der Waals surface area contributed by atoms with Gasteiger partial charge in [-0.3, -0.25) is 0 Å². The van der Waals surface area contributed by atoms with Crippen LogP contribution in [-0.2, 0) is 10.0 Å². The Labute approximate surface area is 123 Å². The van der Waals surface area contributed by atoms with E-state index in [1.54, 1.807) is 0 Å². The molecule has 1 saturated heterocycles. The zero-order valence-corrected chi connectivity index (χ0v) is 12.4. The van der Waals surface area contributed by atoms with Crippen LogP contribution in [-0.4, -0.2) is 37.0 Å². The van der Waals surface area contributed by atoms with Gasteiger partial charge in [0.25, 0.3) is 0 Å². The van der Waals surface area contributed by atoms with Crippen LogP contribution >= 0.6 is 11.6 Å². The largest absolute Gasteiger partial charge is 0.397 e. The summed E-state index contributed by atoms with van der Waals surface area (Å²) in [7, 11) is -3.56. The number of hydrogen-bond acceptors (Lipinski definition) is 4. The van der Waals surface area contributed by atoms with Crippen LogP contribution in [0.4, 0.5) is 5.69 Å². The number of halogens is 1. The molecule has 3 N–H and O–H groups in total. The van der Waals surface area contributed by atoms with Crippen LogP contribution in [0.15, 0.2) is 23.1 Å². The maximum absolute atomic E-state index is 12.6. The smallest absolute Gasteiger partial charge is 0.243 e. The van der Waals surface area contributed by atoms with Crippen molar-refractivity contribution < 1.29 is 13.5 Å². The van der Waals surface area contributed by atoms with Crippen LogP contribution in [0, 0.1) is 11.8 Å². The summed E-state index contributed by atoms with van der Waals surface area (Å²) in [5.74, 6) is 0.332. The second-order valence-corrected chi connectivity index (χ2v) is 7.92. The summed E-state index contributed by atoms with van der Waals surface area (Å²) in [6, 6.07) is 4.36. The molecule has 3 atom stereocenters. The summed E-state index contributed by atoms with van der Waals surface area (Å²) in [6.45, 7) is 0.864. The minimum absolute atomic E-state index is 0.0643. The highest BCUT2D eigenvalue weighted by atomic mass is 35.5. The zero-order chi connectivity index (χ0) is 14.5. The molecule has 2 fully saturated rings. The first-order valence-corrected chi connectivity index (χ1v) is 8.44. The number of sulfonamides is 1. The van der Waals surface area contributed by atoms with Gasteiger partial charge in [0.2, 0.25) is 10.0 Å². The van der Waals surface area contributed by atoms with Crippen molar-refractivity contribution >= 4 is 27.3 Å². The van der Waals surface area contributed by atoms with Crippen LogP contribution in [0.3, 0.4) is 0 Å². The Balaban J connectivity index is 1.88. The number of aliphatic hydroxyl groups is 1. The number of aliphatic hydroxyl groups excluding tert-OH is 1. The fourth-order valence-corrected chi connectivity index (χ4v) is 4.91. The molecule has 5 nitrogen and oxygen atoms in total. The van der Waals surface area contributed by atoms with Gasteiger partial charge in [-0.1, -0.05) is 11.6 Å². The van der Waals surface area contributed by atoms with E-state index in [-0.39, 0.29) is 28.5 Å². The molecule has 0 bridgehead atoms. The number of fused-ring (bicyclic) bond motifs is 1. The third-order valence-corrected chi connectivity index (χ3v) is 6.56. The molecule has 1 aliphatic heterocycles. The highest BCUT2D eigenvalue weighted by molar-refractivity contribution is 7.89. The van der Waals surface area contributed by atoms with Gasteiger partial charge in [-0.2, -0.15) is 4.31 Å².